The van der Waals surface area contributed by atoms with Gasteiger partial charge in [0.2, 0.25) is 5.91 Å². The number of aryl methyl sites for hydroxylation is 1. The van der Waals surface area contributed by atoms with Gasteiger partial charge in [-0.2, -0.15) is 0 Å². The Morgan fingerprint density at radius 3 is 2.68 bits per heavy atom. The Labute approximate surface area is 186 Å². The molecule has 1 fully saturated rings. The number of primary amides is 1. The smallest absolute Gasteiger partial charge is 0.267 e. The Morgan fingerprint density at radius 1 is 1.23 bits per heavy atom. The zero-order valence-corrected chi connectivity index (χ0v) is 18.4. The molecule has 2 amide bonds. The first-order valence-electron chi connectivity index (χ1n) is 9.90. The molecule has 1 aromatic carbocycles. The number of rotatable bonds is 6. The van der Waals surface area contributed by atoms with Gasteiger partial charge >= 0.3 is 0 Å². The van der Waals surface area contributed by atoms with Gasteiger partial charge in [0.05, 0.1) is 11.5 Å². The van der Waals surface area contributed by atoms with Crippen LogP contribution in [-0.4, -0.2) is 33.8 Å². The molecule has 0 bridgehead atoms. The maximum Gasteiger partial charge on any atom is 0.267 e. The molecule has 1 saturated carbocycles. The minimum absolute atomic E-state index is 0.234. The van der Waals surface area contributed by atoms with Crippen LogP contribution >= 0.6 is 15.9 Å². The quantitative estimate of drug-likeness (QED) is 0.461. The summed E-state index contributed by atoms with van der Waals surface area (Å²) in [5, 5.41) is 6.90. The highest BCUT2D eigenvalue weighted by Crippen LogP contribution is 2.29. The van der Waals surface area contributed by atoms with Crippen molar-refractivity contribution in [2.24, 2.45) is 11.7 Å². The van der Waals surface area contributed by atoms with E-state index in [-0.39, 0.29) is 29.3 Å². The van der Waals surface area contributed by atoms with E-state index in [1.807, 2.05) is 24.3 Å². The van der Waals surface area contributed by atoms with Crippen molar-refractivity contribution in [1.29, 1.82) is 0 Å². The zero-order valence-electron chi connectivity index (χ0n) is 16.8. The lowest BCUT2D eigenvalue weighted by atomic mass is 9.99. The van der Waals surface area contributed by atoms with E-state index in [1.165, 1.54) is 12.3 Å². The fourth-order valence-electron chi connectivity index (χ4n) is 3.96. The zero-order chi connectivity index (χ0) is 22.1. The van der Waals surface area contributed by atoms with Crippen LogP contribution in [0.2, 0.25) is 0 Å². The van der Waals surface area contributed by atoms with Gasteiger partial charge in [-0.25, -0.2) is 0 Å². The second-order valence-electron chi connectivity index (χ2n) is 7.62. The molecule has 4 rings (SSSR count). The van der Waals surface area contributed by atoms with Crippen LogP contribution in [0.15, 0.2) is 45.5 Å². The first-order valence-corrected chi connectivity index (χ1v) is 10.7. The Balaban J connectivity index is 1.55. The van der Waals surface area contributed by atoms with Gasteiger partial charge in [-0.05, 0) is 38.0 Å². The van der Waals surface area contributed by atoms with Crippen LogP contribution < -0.4 is 11.1 Å². The Bertz CT molecular complexity index is 1150. The van der Waals surface area contributed by atoms with Crippen molar-refractivity contribution in [3.63, 3.8) is 0 Å². The summed E-state index contributed by atoms with van der Waals surface area (Å²) in [6.45, 7) is 1.67. The van der Waals surface area contributed by atoms with E-state index in [1.54, 1.807) is 6.92 Å². The van der Waals surface area contributed by atoms with Crippen LogP contribution in [0.1, 0.15) is 51.4 Å². The lowest BCUT2D eigenvalue weighted by molar-refractivity contribution is -0.122. The van der Waals surface area contributed by atoms with Crippen LogP contribution in [0.3, 0.4) is 0 Å². The average Bonchev–Trinajstić information content (AvgIpc) is 3.47. The van der Waals surface area contributed by atoms with E-state index >= 15 is 0 Å². The normalized spacial score (nSPS) is 18.1. The fraction of sp³-hybridized carbons (Fsp3) is 0.273. The van der Waals surface area contributed by atoms with Crippen LogP contribution in [0.25, 0.3) is 11.3 Å². The van der Waals surface area contributed by atoms with Gasteiger partial charge < -0.3 is 20.6 Å². The molecule has 0 radical (unpaired) electrons. The van der Waals surface area contributed by atoms with E-state index in [0.29, 0.717) is 35.4 Å². The number of ketones is 1. The van der Waals surface area contributed by atoms with Crippen LogP contribution in [0.5, 0.6) is 0 Å². The molecule has 0 unspecified atom stereocenters. The summed E-state index contributed by atoms with van der Waals surface area (Å²) in [7, 11) is 0. The SMILES string of the molecule is Cc1onc(-c2ccc(Br)cc2)c1C(=O)c1c[nH]c(C(=O)N[C@H]2CCC[C@H]2C(N)=O)c1. The van der Waals surface area contributed by atoms with Crippen molar-refractivity contribution < 1.29 is 18.9 Å². The molecule has 1 aliphatic rings. The lowest BCUT2D eigenvalue weighted by Crippen LogP contribution is -2.42. The van der Waals surface area contributed by atoms with Gasteiger partial charge in [-0.3, -0.25) is 14.4 Å². The molecule has 3 aromatic rings. The number of aromatic nitrogens is 2. The van der Waals surface area contributed by atoms with Crippen LogP contribution in [0.4, 0.5) is 0 Å². The van der Waals surface area contributed by atoms with Gasteiger partial charge in [-0.1, -0.05) is 39.6 Å². The number of carbonyl (C=O) groups is 3. The summed E-state index contributed by atoms with van der Waals surface area (Å²) in [4.78, 5) is 40.2. The highest BCUT2D eigenvalue weighted by atomic mass is 79.9. The predicted octanol–water partition coefficient (Wildman–Crippen LogP) is 3.36. The largest absolute Gasteiger partial charge is 0.369 e. The van der Waals surface area contributed by atoms with Crippen molar-refractivity contribution in [1.82, 2.24) is 15.5 Å². The number of hydrogen-bond acceptors (Lipinski definition) is 5. The number of halogens is 1. The number of amides is 2. The van der Waals surface area contributed by atoms with E-state index in [4.69, 9.17) is 10.3 Å². The van der Waals surface area contributed by atoms with Gasteiger partial charge in [-0.15, -0.1) is 0 Å². The van der Waals surface area contributed by atoms with Gasteiger partial charge in [0.25, 0.3) is 5.91 Å². The number of nitrogens with zero attached hydrogens (tertiary/aromatic N) is 1. The molecule has 2 aromatic heterocycles. The molecular formula is C22H21BrN4O4. The van der Waals surface area contributed by atoms with Crippen molar-refractivity contribution >= 4 is 33.5 Å². The Morgan fingerprint density at radius 2 is 1.97 bits per heavy atom. The fourth-order valence-corrected chi connectivity index (χ4v) is 4.23. The third kappa shape index (κ3) is 4.18. The summed E-state index contributed by atoms with van der Waals surface area (Å²) >= 11 is 3.39. The minimum Gasteiger partial charge on any atom is -0.369 e. The third-order valence-electron chi connectivity index (χ3n) is 5.60. The van der Waals surface area contributed by atoms with Crippen LogP contribution in [-0.2, 0) is 4.79 Å². The molecule has 4 N–H and O–H groups in total. The summed E-state index contributed by atoms with van der Waals surface area (Å²) in [6.07, 6.45) is 3.68. The number of benzene rings is 1. The van der Waals surface area contributed by atoms with Gasteiger partial charge in [0, 0.05) is 27.8 Å². The Hall–Kier alpha value is -3.20. The molecule has 9 heteroatoms. The molecule has 31 heavy (non-hydrogen) atoms. The van der Waals surface area contributed by atoms with E-state index in [9.17, 15) is 14.4 Å². The van der Waals surface area contributed by atoms with Gasteiger partial charge in [0.1, 0.15) is 17.1 Å². The molecule has 0 aliphatic heterocycles. The van der Waals surface area contributed by atoms with E-state index in [2.05, 4.69) is 31.4 Å². The maximum atomic E-state index is 13.2. The van der Waals surface area contributed by atoms with Crippen molar-refractivity contribution in [3.05, 3.63) is 63.6 Å². The Kier molecular flexibility index (Phi) is 5.77. The highest BCUT2D eigenvalue weighted by Gasteiger charge is 2.33. The average molecular weight is 485 g/mol. The number of aromatic amines is 1. The topological polar surface area (TPSA) is 131 Å². The molecule has 2 atom stereocenters. The molecular weight excluding hydrogens is 464 g/mol. The molecule has 0 spiro atoms. The first-order chi connectivity index (χ1) is 14.8. The number of H-pyrrole nitrogens is 1. The third-order valence-corrected chi connectivity index (χ3v) is 6.12. The maximum absolute atomic E-state index is 13.2. The first kappa shape index (κ1) is 21.0. The van der Waals surface area contributed by atoms with Gasteiger partial charge in [0.15, 0.2) is 5.78 Å². The summed E-state index contributed by atoms with van der Waals surface area (Å²) in [6, 6.07) is 8.58. The number of hydrogen-bond donors (Lipinski definition) is 3. The molecule has 2 heterocycles. The lowest BCUT2D eigenvalue weighted by Gasteiger charge is -2.17. The molecule has 1 aliphatic carbocycles. The molecule has 160 valence electrons. The number of nitrogens with one attached hydrogen (secondary N) is 2. The van der Waals surface area contributed by atoms with Crippen molar-refractivity contribution in [3.8, 4) is 11.3 Å². The number of carbonyl (C=O) groups excluding carboxylic acids is 3. The monoisotopic (exact) mass is 484 g/mol. The van der Waals surface area contributed by atoms with Crippen LogP contribution in [0, 0.1) is 12.8 Å². The summed E-state index contributed by atoms with van der Waals surface area (Å²) in [5.74, 6) is -1.07. The second kappa shape index (κ2) is 8.50. The predicted molar refractivity (Wildman–Crippen MR) is 116 cm³/mol. The standard InChI is InChI=1S/C22H21BrN4O4/c1-11-18(19(27-31-11)12-5-7-14(23)8-6-12)20(28)13-9-17(25-10-13)22(30)26-16-4-2-3-15(16)21(24)29/h5-10,15-16,25H,2-4H2,1H3,(H2,24,29)(H,26,30)/t15-,16+/m1/s1. The van der Waals surface area contributed by atoms with Crippen molar-refractivity contribution in [2.75, 3.05) is 0 Å². The number of nitrogens with two attached hydrogens (primary N) is 1. The highest BCUT2D eigenvalue weighted by molar-refractivity contribution is 9.10. The minimum atomic E-state index is -0.409. The van der Waals surface area contributed by atoms with Crippen molar-refractivity contribution in [2.45, 2.75) is 32.2 Å². The summed E-state index contributed by atoms with van der Waals surface area (Å²) < 4.78 is 6.19. The van der Waals surface area contributed by atoms with E-state index in [0.717, 1.165) is 16.5 Å². The molecule has 0 saturated heterocycles. The summed E-state index contributed by atoms with van der Waals surface area (Å²) in [5.41, 5.74) is 7.50. The molecule has 8 nitrogen and oxygen atoms in total. The van der Waals surface area contributed by atoms with E-state index < -0.39 is 5.91 Å². The second-order valence-corrected chi connectivity index (χ2v) is 8.54.